The van der Waals surface area contributed by atoms with Gasteiger partial charge in [-0.1, -0.05) is 83.9 Å². The fourth-order valence-electron chi connectivity index (χ4n) is 4.99. The van der Waals surface area contributed by atoms with Crippen LogP contribution in [0.4, 0.5) is 11.4 Å². The summed E-state index contributed by atoms with van der Waals surface area (Å²) in [6.07, 6.45) is 0.179. The number of benzene rings is 4. The SMILES string of the molecule is Cc1ccc(C(C(=O)Nc2ccc(N3CCOCC3)cc2)N(Cc2ccc(Cl)cc2)C(=O)Cc2ccccc2)cc1. The van der Waals surface area contributed by atoms with E-state index in [2.05, 4.69) is 10.2 Å². The number of rotatable bonds is 9. The molecule has 7 heteroatoms. The normalized spacial score (nSPS) is 13.9. The molecule has 1 heterocycles. The van der Waals surface area contributed by atoms with Gasteiger partial charge in [-0.3, -0.25) is 9.59 Å². The number of ether oxygens (including phenoxy) is 1. The highest BCUT2D eigenvalue weighted by molar-refractivity contribution is 6.30. The van der Waals surface area contributed by atoms with Gasteiger partial charge in [-0.25, -0.2) is 0 Å². The van der Waals surface area contributed by atoms with Crippen molar-refractivity contribution in [2.45, 2.75) is 25.9 Å². The van der Waals surface area contributed by atoms with E-state index in [4.69, 9.17) is 16.3 Å². The third-order valence-corrected chi connectivity index (χ3v) is 7.50. The summed E-state index contributed by atoms with van der Waals surface area (Å²) in [7, 11) is 0. The van der Waals surface area contributed by atoms with Crippen LogP contribution in [0.1, 0.15) is 28.3 Å². The first kappa shape index (κ1) is 28.4. The summed E-state index contributed by atoms with van der Waals surface area (Å²) in [6.45, 7) is 5.34. The number of carbonyl (C=O) groups is 2. The lowest BCUT2D eigenvalue weighted by Crippen LogP contribution is -2.41. The van der Waals surface area contributed by atoms with E-state index in [1.165, 1.54) is 0 Å². The molecule has 0 aromatic heterocycles. The van der Waals surface area contributed by atoms with Crippen molar-refractivity contribution in [2.75, 3.05) is 36.5 Å². The Kier molecular flexibility index (Phi) is 9.34. The summed E-state index contributed by atoms with van der Waals surface area (Å²) in [5.74, 6) is -0.419. The number of nitrogens with one attached hydrogen (secondary N) is 1. The van der Waals surface area contributed by atoms with Crippen molar-refractivity contribution >= 4 is 34.8 Å². The topological polar surface area (TPSA) is 61.9 Å². The minimum absolute atomic E-state index is 0.144. The number of anilines is 2. The van der Waals surface area contributed by atoms with Crippen LogP contribution in [0.5, 0.6) is 0 Å². The monoisotopic (exact) mass is 567 g/mol. The van der Waals surface area contributed by atoms with Gasteiger partial charge in [0, 0.05) is 36.0 Å². The maximum atomic E-state index is 14.1. The molecule has 4 aromatic rings. The van der Waals surface area contributed by atoms with Crippen molar-refractivity contribution in [3.8, 4) is 0 Å². The number of aryl methyl sites for hydroxylation is 1. The van der Waals surface area contributed by atoms with Crippen LogP contribution in [-0.4, -0.2) is 43.0 Å². The molecular formula is C34H34ClN3O3. The van der Waals surface area contributed by atoms with Gasteiger partial charge in [0.2, 0.25) is 5.91 Å². The van der Waals surface area contributed by atoms with Crippen molar-refractivity contribution < 1.29 is 14.3 Å². The van der Waals surface area contributed by atoms with E-state index < -0.39 is 6.04 Å². The minimum atomic E-state index is -0.846. The molecule has 1 unspecified atom stereocenters. The van der Waals surface area contributed by atoms with Crippen LogP contribution in [0.3, 0.4) is 0 Å². The van der Waals surface area contributed by atoms with Crippen LogP contribution >= 0.6 is 11.6 Å². The molecule has 2 amide bonds. The second-order valence-electron chi connectivity index (χ2n) is 10.3. The van der Waals surface area contributed by atoms with Crippen molar-refractivity contribution in [2.24, 2.45) is 0 Å². The third kappa shape index (κ3) is 7.54. The van der Waals surface area contributed by atoms with Gasteiger partial charge in [0.1, 0.15) is 6.04 Å². The molecule has 0 aliphatic carbocycles. The first-order valence-electron chi connectivity index (χ1n) is 13.8. The molecule has 41 heavy (non-hydrogen) atoms. The van der Waals surface area contributed by atoms with E-state index in [9.17, 15) is 9.59 Å². The Morgan fingerprint density at radius 1 is 0.854 bits per heavy atom. The number of hydrogen-bond donors (Lipinski definition) is 1. The predicted octanol–water partition coefficient (Wildman–Crippen LogP) is 6.44. The molecule has 0 spiro atoms. The predicted molar refractivity (Wildman–Crippen MR) is 164 cm³/mol. The van der Waals surface area contributed by atoms with Gasteiger partial charge in [0.15, 0.2) is 0 Å². The number of carbonyl (C=O) groups excluding carboxylic acids is 2. The van der Waals surface area contributed by atoms with Crippen molar-refractivity contribution in [1.29, 1.82) is 0 Å². The summed E-state index contributed by atoms with van der Waals surface area (Å²) >= 11 is 6.14. The molecule has 6 nitrogen and oxygen atoms in total. The molecule has 4 aromatic carbocycles. The fraction of sp³-hybridized carbons (Fsp3) is 0.235. The van der Waals surface area contributed by atoms with Crippen LogP contribution in [0.25, 0.3) is 0 Å². The number of hydrogen-bond acceptors (Lipinski definition) is 4. The molecular weight excluding hydrogens is 534 g/mol. The van der Waals surface area contributed by atoms with Gasteiger partial charge >= 0.3 is 0 Å². The summed E-state index contributed by atoms with van der Waals surface area (Å²) < 4.78 is 5.46. The van der Waals surface area contributed by atoms with Crippen molar-refractivity contribution in [1.82, 2.24) is 4.90 Å². The van der Waals surface area contributed by atoms with Gasteiger partial charge in [-0.05, 0) is 60.0 Å². The Bertz CT molecular complexity index is 1440. The molecule has 1 aliphatic heterocycles. The van der Waals surface area contributed by atoms with E-state index in [0.29, 0.717) is 23.9 Å². The van der Waals surface area contributed by atoms with Gasteiger partial charge < -0.3 is 19.9 Å². The van der Waals surface area contributed by atoms with Crippen molar-refractivity contribution in [3.05, 3.63) is 130 Å². The average Bonchev–Trinajstić information content (AvgIpc) is 3.00. The Morgan fingerprint density at radius 2 is 1.51 bits per heavy atom. The van der Waals surface area contributed by atoms with Gasteiger partial charge in [0.25, 0.3) is 5.91 Å². The molecule has 5 rings (SSSR count). The Balaban J connectivity index is 1.45. The molecule has 0 radical (unpaired) electrons. The van der Waals surface area contributed by atoms with Crippen LogP contribution < -0.4 is 10.2 Å². The average molecular weight is 568 g/mol. The third-order valence-electron chi connectivity index (χ3n) is 7.25. The molecule has 1 saturated heterocycles. The largest absolute Gasteiger partial charge is 0.378 e. The van der Waals surface area contributed by atoms with E-state index in [1.54, 1.807) is 17.0 Å². The lowest BCUT2D eigenvalue weighted by molar-refractivity contribution is -0.139. The van der Waals surface area contributed by atoms with E-state index in [1.807, 2.05) is 97.9 Å². The van der Waals surface area contributed by atoms with E-state index in [-0.39, 0.29) is 24.8 Å². The molecule has 210 valence electrons. The summed E-state index contributed by atoms with van der Waals surface area (Å²) in [6, 6.07) is 31.7. The van der Waals surface area contributed by atoms with Crippen LogP contribution in [0.2, 0.25) is 5.02 Å². The maximum absolute atomic E-state index is 14.1. The highest BCUT2D eigenvalue weighted by Crippen LogP contribution is 2.28. The fourth-order valence-corrected chi connectivity index (χ4v) is 5.12. The number of halogens is 1. The number of amides is 2. The Morgan fingerprint density at radius 3 is 2.17 bits per heavy atom. The van der Waals surface area contributed by atoms with Gasteiger partial charge in [-0.2, -0.15) is 0 Å². The standard InChI is InChI=1S/C34H34ClN3O3/c1-25-7-11-28(12-8-25)33(34(40)36-30-15-17-31(18-16-30)37-19-21-41-22-20-37)38(24-27-9-13-29(35)14-10-27)32(39)23-26-5-3-2-4-6-26/h2-18,33H,19-24H2,1H3,(H,36,40). The van der Waals surface area contributed by atoms with Crippen LogP contribution in [-0.2, 0) is 27.3 Å². The molecule has 1 N–H and O–H groups in total. The first-order chi connectivity index (χ1) is 20.0. The highest BCUT2D eigenvalue weighted by Gasteiger charge is 2.32. The summed E-state index contributed by atoms with van der Waals surface area (Å²) in [5, 5.41) is 3.70. The second-order valence-corrected chi connectivity index (χ2v) is 10.7. The van der Waals surface area contributed by atoms with Gasteiger partial charge in [-0.15, -0.1) is 0 Å². The zero-order valence-electron chi connectivity index (χ0n) is 23.1. The van der Waals surface area contributed by atoms with Gasteiger partial charge in [0.05, 0.1) is 19.6 Å². The molecule has 0 saturated carbocycles. The molecule has 0 bridgehead atoms. The summed E-state index contributed by atoms with van der Waals surface area (Å²) in [4.78, 5) is 31.9. The highest BCUT2D eigenvalue weighted by atomic mass is 35.5. The first-order valence-corrected chi connectivity index (χ1v) is 14.2. The molecule has 1 atom stereocenters. The second kappa shape index (κ2) is 13.5. The molecule has 1 fully saturated rings. The smallest absolute Gasteiger partial charge is 0.251 e. The van der Waals surface area contributed by atoms with Crippen LogP contribution in [0.15, 0.2) is 103 Å². The van der Waals surface area contributed by atoms with Crippen molar-refractivity contribution in [3.63, 3.8) is 0 Å². The number of nitrogens with zero attached hydrogens (tertiary/aromatic N) is 2. The summed E-state index contributed by atoms with van der Waals surface area (Å²) in [5.41, 5.74) is 5.35. The Hall–Kier alpha value is -4.13. The Labute approximate surface area is 246 Å². The zero-order valence-corrected chi connectivity index (χ0v) is 23.9. The minimum Gasteiger partial charge on any atom is -0.378 e. The van der Waals surface area contributed by atoms with E-state index >= 15 is 0 Å². The van der Waals surface area contributed by atoms with E-state index in [0.717, 1.165) is 41.0 Å². The lowest BCUT2D eigenvalue weighted by Gasteiger charge is -2.32. The lowest BCUT2D eigenvalue weighted by atomic mass is 10.00. The molecule has 1 aliphatic rings. The zero-order chi connectivity index (χ0) is 28.6. The van der Waals surface area contributed by atoms with Crippen LogP contribution in [0, 0.1) is 6.92 Å². The number of morpholine rings is 1. The quantitative estimate of drug-likeness (QED) is 0.253. The maximum Gasteiger partial charge on any atom is 0.251 e.